The van der Waals surface area contributed by atoms with Crippen molar-refractivity contribution >= 4 is 22.9 Å². The lowest BCUT2D eigenvalue weighted by Crippen LogP contribution is -2.48. The number of ether oxygens (including phenoxy) is 1. The number of aromatic nitrogens is 1. The Hall–Kier alpha value is -0.980. The van der Waals surface area contributed by atoms with Crippen LogP contribution in [0.4, 0.5) is 0 Å². The van der Waals surface area contributed by atoms with Crippen LogP contribution >= 0.6 is 22.9 Å². The number of thiazole rings is 1. The molecule has 0 radical (unpaired) electrons. The minimum absolute atomic E-state index is 0.566. The zero-order chi connectivity index (χ0) is 17.2. The van der Waals surface area contributed by atoms with Gasteiger partial charge in [0.2, 0.25) is 0 Å². The van der Waals surface area contributed by atoms with Crippen LogP contribution in [0.15, 0.2) is 29.6 Å². The molecule has 1 aromatic heterocycles. The molecule has 6 heteroatoms. The van der Waals surface area contributed by atoms with Gasteiger partial charge < -0.3 is 4.74 Å². The molecule has 2 saturated heterocycles. The van der Waals surface area contributed by atoms with Gasteiger partial charge in [-0.1, -0.05) is 23.7 Å². The van der Waals surface area contributed by atoms with E-state index >= 15 is 0 Å². The maximum atomic E-state index is 6.10. The lowest BCUT2D eigenvalue weighted by Gasteiger charge is -2.35. The molecule has 2 aliphatic rings. The molecule has 3 heterocycles. The topological polar surface area (TPSA) is 28.6 Å². The van der Waals surface area contributed by atoms with Crippen molar-refractivity contribution in [2.45, 2.75) is 32.0 Å². The molecule has 0 amide bonds. The molecule has 0 bridgehead atoms. The molecule has 0 spiro atoms. The molecule has 2 fully saturated rings. The summed E-state index contributed by atoms with van der Waals surface area (Å²) in [6.45, 7) is 8.33. The number of hydrogen-bond donors (Lipinski definition) is 0. The van der Waals surface area contributed by atoms with Crippen molar-refractivity contribution < 1.29 is 4.74 Å². The zero-order valence-corrected chi connectivity index (χ0v) is 16.1. The highest BCUT2D eigenvalue weighted by Gasteiger charge is 2.35. The fraction of sp³-hybridized carbons (Fsp3) is 0.526. The van der Waals surface area contributed by atoms with E-state index in [1.54, 1.807) is 11.3 Å². The third-order valence-corrected chi connectivity index (χ3v) is 6.44. The molecule has 1 aromatic carbocycles. The average Bonchev–Trinajstić information content (AvgIpc) is 3.24. The maximum Gasteiger partial charge on any atom is 0.107 e. The van der Waals surface area contributed by atoms with E-state index in [9.17, 15) is 0 Å². The van der Waals surface area contributed by atoms with Crippen molar-refractivity contribution in [3.8, 4) is 11.3 Å². The SMILES string of the molecule is C[C@@H]1[C@H](N2CCOCC2)CCN1Cc1nc(-c2cccc(Cl)c2)cs1. The maximum absolute atomic E-state index is 6.10. The second-order valence-corrected chi connectivity index (χ2v) is 8.23. The van der Waals surface area contributed by atoms with Crippen LogP contribution in [0, 0.1) is 0 Å². The second-order valence-electron chi connectivity index (χ2n) is 6.85. The van der Waals surface area contributed by atoms with E-state index in [1.165, 1.54) is 11.4 Å². The average molecular weight is 378 g/mol. The molecular weight excluding hydrogens is 354 g/mol. The molecule has 134 valence electrons. The van der Waals surface area contributed by atoms with E-state index in [4.69, 9.17) is 21.3 Å². The molecular formula is C19H24ClN3OS. The summed E-state index contributed by atoms with van der Waals surface area (Å²) >= 11 is 7.85. The Morgan fingerprint density at radius 1 is 1.28 bits per heavy atom. The Labute approximate surface area is 158 Å². The van der Waals surface area contributed by atoms with Gasteiger partial charge >= 0.3 is 0 Å². The Bertz CT molecular complexity index is 716. The summed E-state index contributed by atoms with van der Waals surface area (Å²) < 4.78 is 5.50. The van der Waals surface area contributed by atoms with Crippen LogP contribution in [0.5, 0.6) is 0 Å². The van der Waals surface area contributed by atoms with Gasteiger partial charge in [-0.15, -0.1) is 11.3 Å². The van der Waals surface area contributed by atoms with Crippen molar-refractivity contribution in [3.05, 3.63) is 39.7 Å². The first-order valence-corrected chi connectivity index (χ1v) is 10.2. The Kier molecular flexibility index (Phi) is 5.39. The quantitative estimate of drug-likeness (QED) is 0.811. The van der Waals surface area contributed by atoms with Crippen LogP contribution in [0.2, 0.25) is 5.02 Å². The molecule has 2 atom stereocenters. The fourth-order valence-electron chi connectivity index (χ4n) is 3.94. The number of halogens is 1. The Morgan fingerprint density at radius 3 is 2.92 bits per heavy atom. The van der Waals surface area contributed by atoms with E-state index in [0.29, 0.717) is 12.1 Å². The summed E-state index contributed by atoms with van der Waals surface area (Å²) in [5.41, 5.74) is 2.12. The first-order chi connectivity index (χ1) is 12.2. The standard InChI is InChI=1S/C19H24ClN3OS/c1-14-18(22-7-9-24-10-8-22)5-6-23(14)12-19-21-17(13-25-19)15-3-2-4-16(20)11-15/h2-4,11,13-14,18H,5-10,12H2,1H3/t14-,18-/m1/s1. The second kappa shape index (κ2) is 7.72. The molecule has 0 aliphatic carbocycles. The number of benzene rings is 1. The largest absolute Gasteiger partial charge is 0.379 e. The number of nitrogens with zero attached hydrogens (tertiary/aromatic N) is 3. The molecule has 2 aliphatic heterocycles. The molecule has 0 saturated carbocycles. The van der Waals surface area contributed by atoms with Crippen LogP contribution < -0.4 is 0 Å². The van der Waals surface area contributed by atoms with Gasteiger partial charge in [0.05, 0.1) is 25.5 Å². The fourth-order valence-corrected chi connectivity index (χ4v) is 4.96. The smallest absolute Gasteiger partial charge is 0.107 e. The summed E-state index contributed by atoms with van der Waals surface area (Å²) in [7, 11) is 0. The van der Waals surface area contributed by atoms with E-state index in [2.05, 4.69) is 28.2 Å². The molecule has 4 nitrogen and oxygen atoms in total. The minimum Gasteiger partial charge on any atom is -0.379 e. The summed E-state index contributed by atoms with van der Waals surface area (Å²) in [5.74, 6) is 0. The summed E-state index contributed by atoms with van der Waals surface area (Å²) in [5, 5.41) is 4.08. The van der Waals surface area contributed by atoms with Gasteiger partial charge in [-0.05, 0) is 25.5 Å². The molecule has 25 heavy (non-hydrogen) atoms. The highest BCUT2D eigenvalue weighted by atomic mass is 35.5. The van der Waals surface area contributed by atoms with Gasteiger partial charge in [0.25, 0.3) is 0 Å². The first kappa shape index (κ1) is 17.4. The number of likely N-dealkylation sites (tertiary alicyclic amines) is 1. The van der Waals surface area contributed by atoms with Crippen LogP contribution in [-0.2, 0) is 11.3 Å². The van der Waals surface area contributed by atoms with Crippen LogP contribution in [0.25, 0.3) is 11.3 Å². The summed E-state index contributed by atoms with van der Waals surface area (Å²) in [6, 6.07) is 9.14. The van der Waals surface area contributed by atoms with Crippen molar-refractivity contribution in [3.63, 3.8) is 0 Å². The molecule has 0 unspecified atom stereocenters. The first-order valence-electron chi connectivity index (χ1n) is 8.97. The summed E-state index contributed by atoms with van der Waals surface area (Å²) in [6.07, 6.45) is 1.24. The Morgan fingerprint density at radius 2 is 2.12 bits per heavy atom. The van der Waals surface area contributed by atoms with Crippen molar-refractivity contribution in [1.29, 1.82) is 0 Å². The van der Waals surface area contributed by atoms with Crippen LogP contribution in [0.1, 0.15) is 18.4 Å². The normalized spacial score (nSPS) is 25.5. The number of rotatable bonds is 4. The van der Waals surface area contributed by atoms with Gasteiger partial charge in [0.1, 0.15) is 5.01 Å². The van der Waals surface area contributed by atoms with Gasteiger partial charge in [-0.2, -0.15) is 0 Å². The highest BCUT2D eigenvalue weighted by Crippen LogP contribution is 2.28. The van der Waals surface area contributed by atoms with Gasteiger partial charge in [0.15, 0.2) is 0 Å². The van der Waals surface area contributed by atoms with Crippen molar-refractivity contribution in [2.24, 2.45) is 0 Å². The van der Waals surface area contributed by atoms with E-state index in [1.807, 2.05) is 18.2 Å². The van der Waals surface area contributed by atoms with Gasteiger partial charge in [-0.3, -0.25) is 9.80 Å². The molecule has 0 N–H and O–H groups in total. The minimum atomic E-state index is 0.566. The summed E-state index contributed by atoms with van der Waals surface area (Å²) in [4.78, 5) is 10.0. The van der Waals surface area contributed by atoms with Crippen molar-refractivity contribution in [2.75, 3.05) is 32.8 Å². The van der Waals surface area contributed by atoms with Crippen LogP contribution in [-0.4, -0.2) is 59.7 Å². The lowest BCUT2D eigenvalue weighted by molar-refractivity contribution is 0.00983. The predicted molar refractivity (Wildman–Crippen MR) is 103 cm³/mol. The molecule has 4 rings (SSSR count). The lowest BCUT2D eigenvalue weighted by atomic mass is 10.1. The number of morpholine rings is 1. The molecule has 2 aromatic rings. The van der Waals surface area contributed by atoms with Gasteiger partial charge in [-0.25, -0.2) is 4.98 Å². The van der Waals surface area contributed by atoms with E-state index in [0.717, 1.165) is 55.7 Å². The van der Waals surface area contributed by atoms with Crippen LogP contribution in [0.3, 0.4) is 0 Å². The zero-order valence-electron chi connectivity index (χ0n) is 14.5. The Balaban J connectivity index is 1.41. The number of hydrogen-bond acceptors (Lipinski definition) is 5. The highest BCUT2D eigenvalue weighted by molar-refractivity contribution is 7.09. The van der Waals surface area contributed by atoms with E-state index < -0.39 is 0 Å². The van der Waals surface area contributed by atoms with Gasteiger partial charge in [0, 0.05) is 47.7 Å². The monoisotopic (exact) mass is 377 g/mol. The third-order valence-electron chi connectivity index (χ3n) is 5.37. The third kappa shape index (κ3) is 3.91. The predicted octanol–water partition coefficient (Wildman–Crippen LogP) is 3.76. The van der Waals surface area contributed by atoms with Crippen molar-refractivity contribution in [1.82, 2.24) is 14.8 Å². The van der Waals surface area contributed by atoms with E-state index in [-0.39, 0.29) is 0 Å².